The van der Waals surface area contributed by atoms with Gasteiger partial charge in [0, 0.05) is 29.2 Å². The number of anilines is 2. The Labute approximate surface area is 181 Å². The molecule has 3 rings (SSSR count). The van der Waals surface area contributed by atoms with Crippen LogP contribution in [0.4, 0.5) is 11.6 Å². The first-order valence-electron chi connectivity index (χ1n) is 9.61. The smallest absolute Gasteiger partial charge is 0.251 e. The average Bonchev–Trinajstić information content (AvgIpc) is 2.73. The molecule has 0 saturated carbocycles. The summed E-state index contributed by atoms with van der Waals surface area (Å²) in [7, 11) is -1.99. The van der Waals surface area contributed by atoms with Crippen LogP contribution in [-0.4, -0.2) is 43.7 Å². The van der Waals surface area contributed by atoms with Crippen LogP contribution in [0.2, 0.25) is 0 Å². The lowest BCUT2D eigenvalue weighted by Gasteiger charge is -2.09. The Morgan fingerprint density at radius 1 is 0.968 bits per heavy atom. The molecule has 0 aliphatic rings. The number of ether oxygens (including phenoxy) is 1. The van der Waals surface area contributed by atoms with Gasteiger partial charge in [0.1, 0.15) is 5.75 Å². The molecular weight excluding hydrogens is 416 g/mol. The minimum Gasteiger partial charge on any atom is -0.497 e. The zero-order valence-corrected chi connectivity index (χ0v) is 18.4. The molecule has 2 aromatic carbocycles. The molecule has 1 amide bonds. The van der Waals surface area contributed by atoms with Gasteiger partial charge in [0.25, 0.3) is 5.91 Å². The van der Waals surface area contributed by atoms with E-state index in [0.717, 1.165) is 17.1 Å². The first kappa shape index (κ1) is 22.2. The summed E-state index contributed by atoms with van der Waals surface area (Å²) in [6.45, 7) is 3.79. The van der Waals surface area contributed by atoms with E-state index in [9.17, 15) is 13.2 Å². The SMILES string of the molecule is COc1ccc(S(=O)(=O)CCNC(=O)c2ccc(Nc3nc(C)cc(C)n3)cc2)cc1. The maximum atomic E-state index is 12.4. The molecule has 2 N–H and O–H groups in total. The second-order valence-electron chi connectivity index (χ2n) is 6.93. The van der Waals surface area contributed by atoms with Crippen molar-refractivity contribution in [3.8, 4) is 5.75 Å². The Bertz CT molecular complexity index is 1140. The van der Waals surface area contributed by atoms with E-state index in [0.29, 0.717) is 17.3 Å². The maximum absolute atomic E-state index is 12.4. The van der Waals surface area contributed by atoms with Gasteiger partial charge in [-0.1, -0.05) is 0 Å². The monoisotopic (exact) mass is 440 g/mol. The topological polar surface area (TPSA) is 110 Å². The molecular formula is C22H24N4O4S. The highest BCUT2D eigenvalue weighted by Gasteiger charge is 2.15. The summed E-state index contributed by atoms with van der Waals surface area (Å²) in [5.74, 6) is 0.515. The van der Waals surface area contributed by atoms with Crippen LogP contribution in [0, 0.1) is 13.8 Å². The van der Waals surface area contributed by atoms with Gasteiger partial charge in [-0.15, -0.1) is 0 Å². The molecule has 0 saturated heterocycles. The summed E-state index contributed by atoms with van der Waals surface area (Å²) in [6.07, 6.45) is 0. The van der Waals surface area contributed by atoms with Crippen molar-refractivity contribution < 1.29 is 17.9 Å². The fourth-order valence-electron chi connectivity index (χ4n) is 2.92. The van der Waals surface area contributed by atoms with Crippen molar-refractivity contribution in [2.75, 3.05) is 24.7 Å². The molecule has 31 heavy (non-hydrogen) atoms. The zero-order valence-electron chi connectivity index (χ0n) is 17.5. The number of hydrogen-bond acceptors (Lipinski definition) is 7. The second kappa shape index (κ2) is 9.57. The number of carbonyl (C=O) groups excluding carboxylic acids is 1. The van der Waals surface area contributed by atoms with Crippen LogP contribution in [0.15, 0.2) is 59.5 Å². The molecule has 0 spiro atoms. The van der Waals surface area contributed by atoms with Crippen LogP contribution in [0.5, 0.6) is 5.75 Å². The number of nitrogens with zero attached hydrogens (tertiary/aromatic N) is 2. The van der Waals surface area contributed by atoms with Crippen molar-refractivity contribution >= 4 is 27.4 Å². The Kier molecular flexibility index (Phi) is 6.86. The predicted molar refractivity (Wildman–Crippen MR) is 119 cm³/mol. The van der Waals surface area contributed by atoms with Gasteiger partial charge in [-0.2, -0.15) is 0 Å². The van der Waals surface area contributed by atoms with E-state index in [4.69, 9.17) is 4.74 Å². The highest BCUT2D eigenvalue weighted by Crippen LogP contribution is 2.17. The molecule has 0 unspecified atom stereocenters. The van der Waals surface area contributed by atoms with Gasteiger partial charge in [0.05, 0.1) is 17.8 Å². The summed E-state index contributed by atoms with van der Waals surface area (Å²) < 4.78 is 29.8. The standard InChI is InChI=1S/C22H24N4O4S/c1-15-14-16(2)25-22(24-15)26-18-6-4-17(5-7-18)21(27)23-12-13-31(28,29)20-10-8-19(30-3)9-11-20/h4-11,14H,12-13H2,1-3H3,(H,23,27)(H,24,25,26). The third-order valence-electron chi connectivity index (χ3n) is 4.46. The molecule has 0 fully saturated rings. The first-order chi connectivity index (χ1) is 14.8. The van der Waals surface area contributed by atoms with Gasteiger partial charge < -0.3 is 15.4 Å². The number of carbonyl (C=O) groups is 1. The minimum absolute atomic E-state index is 0.00358. The lowest BCUT2D eigenvalue weighted by atomic mass is 10.2. The molecule has 0 aliphatic heterocycles. The zero-order chi connectivity index (χ0) is 22.4. The summed E-state index contributed by atoms with van der Waals surface area (Å²) in [4.78, 5) is 21.2. The number of benzene rings is 2. The first-order valence-corrected chi connectivity index (χ1v) is 11.3. The lowest BCUT2D eigenvalue weighted by molar-refractivity contribution is 0.0956. The second-order valence-corrected chi connectivity index (χ2v) is 9.04. The summed E-state index contributed by atoms with van der Waals surface area (Å²) in [5, 5.41) is 5.74. The highest BCUT2D eigenvalue weighted by molar-refractivity contribution is 7.91. The number of aryl methyl sites for hydroxylation is 2. The van der Waals surface area contributed by atoms with Crippen molar-refractivity contribution in [3.63, 3.8) is 0 Å². The van der Waals surface area contributed by atoms with Crippen LogP contribution >= 0.6 is 0 Å². The fourth-order valence-corrected chi connectivity index (χ4v) is 4.08. The molecule has 8 nitrogen and oxygen atoms in total. The van der Waals surface area contributed by atoms with Gasteiger partial charge >= 0.3 is 0 Å². The molecule has 0 atom stereocenters. The van der Waals surface area contributed by atoms with Crippen LogP contribution in [-0.2, 0) is 9.84 Å². The Morgan fingerprint density at radius 2 is 1.58 bits per heavy atom. The summed E-state index contributed by atoms with van der Waals surface area (Å²) in [5.41, 5.74) is 2.88. The van der Waals surface area contributed by atoms with E-state index in [1.54, 1.807) is 36.4 Å². The van der Waals surface area contributed by atoms with Crippen LogP contribution in [0.25, 0.3) is 0 Å². The van der Waals surface area contributed by atoms with E-state index < -0.39 is 9.84 Å². The van der Waals surface area contributed by atoms with E-state index >= 15 is 0 Å². The molecule has 9 heteroatoms. The number of amides is 1. The third-order valence-corrected chi connectivity index (χ3v) is 6.19. The van der Waals surface area contributed by atoms with E-state index in [2.05, 4.69) is 20.6 Å². The van der Waals surface area contributed by atoms with Gasteiger partial charge in [0.15, 0.2) is 9.84 Å². The summed E-state index contributed by atoms with van der Waals surface area (Å²) >= 11 is 0. The number of nitrogens with one attached hydrogen (secondary N) is 2. The highest BCUT2D eigenvalue weighted by atomic mass is 32.2. The quantitative estimate of drug-likeness (QED) is 0.554. The van der Waals surface area contributed by atoms with Crippen molar-refractivity contribution in [1.29, 1.82) is 0 Å². The molecule has 1 heterocycles. The molecule has 0 bridgehead atoms. The fraction of sp³-hybridized carbons (Fsp3) is 0.227. The number of aromatic nitrogens is 2. The minimum atomic E-state index is -3.51. The van der Waals surface area contributed by atoms with E-state index in [1.807, 2.05) is 19.9 Å². The summed E-state index contributed by atoms with van der Waals surface area (Å²) in [6, 6.07) is 14.8. The molecule has 162 valence electrons. The van der Waals surface area contributed by atoms with E-state index in [1.165, 1.54) is 19.2 Å². The van der Waals surface area contributed by atoms with Crippen molar-refractivity contribution in [3.05, 3.63) is 71.5 Å². The van der Waals surface area contributed by atoms with Gasteiger partial charge in [-0.25, -0.2) is 18.4 Å². The van der Waals surface area contributed by atoms with Gasteiger partial charge in [-0.3, -0.25) is 4.79 Å². The number of sulfone groups is 1. The molecule has 3 aromatic rings. The van der Waals surface area contributed by atoms with E-state index in [-0.39, 0.29) is 23.1 Å². The Hall–Kier alpha value is -3.46. The van der Waals surface area contributed by atoms with Crippen LogP contribution < -0.4 is 15.4 Å². The normalized spacial score (nSPS) is 11.1. The largest absolute Gasteiger partial charge is 0.497 e. The Morgan fingerprint density at radius 3 is 2.16 bits per heavy atom. The lowest BCUT2D eigenvalue weighted by Crippen LogP contribution is -2.29. The van der Waals surface area contributed by atoms with Crippen LogP contribution in [0.1, 0.15) is 21.7 Å². The molecule has 0 radical (unpaired) electrons. The van der Waals surface area contributed by atoms with Crippen molar-refractivity contribution in [2.45, 2.75) is 18.7 Å². The third kappa shape index (κ3) is 6.02. The maximum Gasteiger partial charge on any atom is 0.251 e. The predicted octanol–water partition coefficient (Wildman–Crippen LogP) is 3.05. The number of hydrogen-bond donors (Lipinski definition) is 2. The number of rotatable bonds is 8. The van der Waals surface area contributed by atoms with Gasteiger partial charge in [0.2, 0.25) is 5.95 Å². The number of methoxy groups -OCH3 is 1. The van der Waals surface area contributed by atoms with Gasteiger partial charge in [-0.05, 0) is 68.4 Å². The molecule has 1 aromatic heterocycles. The average molecular weight is 441 g/mol. The van der Waals surface area contributed by atoms with Crippen molar-refractivity contribution in [2.24, 2.45) is 0 Å². The van der Waals surface area contributed by atoms with Crippen molar-refractivity contribution in [1.82, 2.24) is 15.3 Å². The van der Waals surface area contributed by atoms with Crippen LogP contribution in [0.3, 0.4) is 0 Å². The Balaban J connectivity index is 1.55. The molecule has 0 aliphatic carbocycles.